The first-order chi connectivity index (χ1) is 17.6. The number of rotatable bonds is 9. The molecule has 0 spiro atoms. The number of aromatic nitrogens is 4. The van der Waals surface area contributed by atoms with E-state index >= 15 is 0 Å². The Kier molecular flexibility index (Phi) is 8.11. The number of hydrogen-bond acceptors (Lipinski definition) is 10. The van der Waals surface area contributed by atoms with E-state index in [0.29, 0.717) is 23.8 Å². The molecule has 0 radical (unpaired) electrons. The fourth-order valence-corrected chi connectivity index (χ4v) is 6.76. The van der Waals surface area contributed by atoms with Crippen molar-refractivity contribution in [2.75, 3.05) is 43.4 Å². The molecule has 3 heterocycles. The molecular formula is C23H32N8O4S2. The minimum absolute atomic E-state index is 0.0304. The van der Waals surface area contributed by atoms with Crippen LogP contribution in [0.2, 0.25) is 0 Å². The Bertz CT molecular complexity index is 1360. The number of carbonyl (C=O) groups is 1. The second-order valence-electron chi connectivity index (χ2n) is 8.89. The van der Waals surface area contributed by atoms with Crippen molar-refractivity contribution in [3.63, 3.8) is 0 Å². The average molecular weight is 549 g/mol. The van der Waals surface area contributed by atoms with Crippen LogP contribution in [0.4, 0.5) is 10.8 Å². The quantitative estimate of drug-likeness (QED) is 0.414. The summed E-state index contributed by atoms with van der Waals surface area (Å²) in [5, 5.41) is 11.2. The van der Waals surface area contributed by atoms with Gasteiger partial charge in [0.2, 0.25) is 5.91 Å². The molecule has 2 aromatic heterocycles. The highest BCUT2D eigenvalue weighted by Crippen LogP contribution is 2.30. The first kappa shape index (κ1) is 27.0. The van der Waals surface area contributed by atoms with Gasteiger partial charge in [-0.15, -0.1) is 5.10 Å². The summed E-state index contributed by atoms with van der Waals surface area (Å²) in [5.74, 6) is 0.723. The van der Waals surface area contributed by atoms with Crippen molar-refractivity contribution in [1.29, 1.82) is 0 Å². The Morgan fingerprint density at radius 2 is 1.95 bits per heavy atom. The molecule has 1 amide bonds. The van der Waals surface area contributed by atoms with E-state index in [1.165, 1.54) is 6.92 Å². The third-order valence-electron chi connectivity index (χ3n) is 5.96. The van der Waals surface area contributed by atoms with E-state index in [4.69, 9.17) is 4.74 Å². The number of carbonyl (C=O) groups excluding carboxylic acids is 1. The Morgan fingerprint density at radius 1 is 1.22 bits per heavy atom. The normalized spacial score (nSPS) is 15.5. The molecule has 37 heavy (non-hydrogen) atoms. The molecular weight excluding hydrogens is 516 g/mol. The van der Waals surface area contributed by atoms with Gasteiger partial charge in [0.15, 0.2) is 15.2 Å². The maximum atomic E-state index is 13.1. The standard InChI is InChI=1S/C23H32N8O4S2/c1-6-31-20(15(2)28-37(33,34)21-16(3)24-22(36-21)25-17(4)32)26-27-23(31)35-19-9-7-8-18(14-19)30-12-10-29(5)11-13-30/h7-9,14-15,28H,6,10-13H2,1-5H3,(H,24,25,32)/t15-/m1/s1. The fraction of sp³-hybridized carbons (Fsp3) is 0.478. The van der Waals surface area contributed by atoms with Crippen LogP contribution in [0.25, 0.3) is 0 Å². The van der Waals surface area contributed by atoms with Gasteiger partial charge in [0, 0.05) is 51.4 Å². The number of sulfonamides is 1. The molecule has 0 saturated carbocycles. The van der Waals surface area contributed by atoms with Gasteiger partial charge >= 0.3 is 6.01 Å². The lowest BCUT2D eigenvalue weighted by atomic mass is 10.2. The average Bonchev–Trinajstić information content (AvgIpc) is 3.42. The van der Waals surface area contributed by atoms with Crippen LogP contribution < -0.4 is 19.7 Å². The molecule has 12 nitrogen and oxygen atoms in total. The zero-order valence-corrected chi connectivity index (χ0v) is 23.2. The number of anilines is 2. The Hall–Kier alpha value is -3.07. The van der Waals surface area contributed by atoms with Crippen LogP contribution in [0.5, 0.6) is 11.8 Å². The van der Waals surface area contributed by atoms with Gasteiger partial charge in [-0.25, -0.2) is 13.4 Å². The Balaban J connectivity index is 1.50. The Labute approximate surface area is 220 Å². The molecule has 3 aromatic rings. The molecule has 200 valence electrons. The van der Waals surface area contributed by atoms with Crippen LogP contribution in [0, 0.1) is 6.92 Å². The number of likely N-dealkylation sites (N-methyl/N-ethyl adjacent to an activating group) is 1. The van der Waals surface area contributed by atoms with Crippen molar-refractivity contribution in [1.82, 2.24) is 29.4 Å². The van der Waals surface area contributed by atoms with Crippen LogP contribution in [0.15, 0.2) is 28.5 Å². The zero-order valence-electron chi connectivity index (χ0n) is 21.6. The minimum atomic E-state index is -3.93. The minimum Gasteiger partial charge on any atom is -0.424 e. The fourth-order valence-electron chi connectivity index (χ4n) is 4.08. The summed E-state index contributed by atoms with van der Waals surface area (Å²) in [4.78, 5) is 20.1. The molecule has 1 aliphatic heterocycles. The summed E-state index contributed by atoms with van der Waals surface area (Å²) in [7, 11) is -1.81. The highest BCUT2D eigenvalue weighted by atomic mass is 32.2. The van der Waals surface area contributed by atoms with Crippen molar-refractivity contribution < 1.29 is 17.9 Å². The highest BCUT2D eigenvalue weighted by Gasteiger charge is 2.28. The summed E-state index contributed by atoms with van der Waals surface area (Å²) in [5.41, 5.74) is 1.38. The summed E-state index contributed by atoms with van der Waals surface area (Å²) in [6.45, 7) is 10.9. The lowest BCUT2D eigenvalue weighted by Crippen LogP contribution is -2.44. The molecule has 0 aliphatic carbocycles. The van der Waals surface area contributed by atoms with Gasteiger partial charge in [-0.05, 0) is 40.0 Å². The van der Waals surface area contributed by atoms with Gasteiger partial charge < -0.3 is 19.9 Å². The number of thiazole rings is 1. The number of aryl methyl sites for hydroxylation is 1. The van der Waals surface area contributed by atoms with Crippen molar-refractivity contribution in [2.24, 2.45) is 0 Å². The van der Waals surface area contributed by atoms with E-state index in [2.05, 4.69) is 48.1 Å². The molecule has 1 atom stereocenters. The van der Waals surface area contributed by atoms with Gasteiger partial charge in [0.05, 0.1) is 11.7 Å². The summed E-state index contributed by atoms with van der Waals surface area (Å²) in [6, 6.07) is 7.42. The maximum Gasteiger partial charge on any atom is 0.322 e. The summed E-state index contributed by atoms with van der Waals surface area (Å²) < 4.78 is 36.7. The van der Waals surface area contributed by atoms with Gasteiger partial charge in [0.1, 0.15) is 5.75 Å². The number of benzene rings is 1. The van der Waals surface area contributed by atoms with E-state index in [9.17, 15) is 13.2 Å². The topological polar surface area (TPSA) is 135 Å². The van der Waals surface area contributed by atoms with E-state index in [-0.39, 0.29) is 21.3 Å². The van der Waals surface area contributed by atoms with Crippen LogP contribution >= 0.6 is 11.3 Å². The van der Waals surface area contributed by atoms with E-state index in [1.54, 1.807) is 18.4 Å². The molecule has 0 bridgehead atoms. The largest absolute Gasteiger partial charge is 0.424 e. The van der Waals surface area contributed by atoms with Crippen LogP contribution in [0.3, 0.4) is 0 Å². The number of ether oxygens (including phenoxy) is 1. The van der Waals surface area contributed by atoms with Gasteiger partial charge in [-0.2, -0.15) is 4.72 Å². The third-order valence-corrected chi connectivity index (χ3v) is 9.18. The smallest absolute Gasteiger partial charge is 0.322 e. The molecule has 2 N–H and O–H groups in total. The molecule has 0 unspecified atom stereocenters. The van der Waals surface area contributed by atoms with Crippen LogP contribution in [-0.2, 0) is 21.4 Å². The monoisotopic (exact) mass is 548 g/mol. The third kappa shape index (κ3) is 6.26. The maximum absolute atomic E-state index is 13.1. The molecule has 1 aliphatic rings. The Morgan fingerprint density at radius 3 is 2.62 bits per heavy atom. The van der Waals surface area contributed by atoms with Gasteiger partial charge in [0.25, 0.3) is 10.0 Å². The number of piperazine rings is 1. The molecule has 1 saturated heterocycles. The van der Waals surface area contributed by atoms with Gasteiger partial charge in [-0.3, -0.25) is 9.36 Å². The van der Waals surface area contributed by atoms with Crippen LogP contribution in [0.1, 0.15) is 38.3 Å². The first-order valence-electron chi connectivity index (χ1n) is 12.0. The van der Waals surface area contributed by atoms with E-state index in [0.717, 1.165) is 43.2 Å². The molecule has 1 fully saturated rings. The second-order valence-corrected chi connectivity index (χ2v) is 11.8. The van der Waals surface area contributed by atoms with Crippen molar-refractivity contribution in [3.05, 3.63) is 35.8 Å². The van der Waals surface area contributed by atoms with Crippen LogP contribution in [-0.4, -0.2) is 72.2 Å². The second kappa shape index (κ2) is 11.1. The predicted molar refractivity (Wildman–Crippen MR) is 142 cm³/mol. The molecule has 1 aromatic carbocycles. The first-order valence-corrected chi connectivity index (χ1v) is 14.3. The lowest BCUT2D eigenvalue weighted by molar-refractivity contribution is -0.114. The van der Waals surface area contributed by atoms with E-state index < -0.39 is 16.1 Å². The summed E-state index contributed by atoms with van der Waals surface area (Å²) >= 11 is 0.894. The number of nitrogens with one attached hydrogen (secondary N) is 2. The zero-order chi connectivity index (χ0) is 26.7. The summed E-state index contributed by atoms with van der Waals surface area (Å²) in [6.07, 6.45) is 0. The number of hydrogen-bond donors (Lipinski definition) is 2. The SMILES string of the molecule is CCn1c(Oc2cccc(N3CCN(C)CC3)c2)nnc1[C@@H](C)NS(=O)(=O)c1sc(NC(C)=O)nc1C. The molecule has 4 rings (SSSR count). The van der Waals surface area contributed by atoms with Crippen molar-refractivity contribution in [3.8, 4) is 11.8 Å². The highest BCUT2D eigenvalue weighted by molar-refractivity contribution is 7.91. The van der Waals surface area contributed by atoms with E-state index in [1.807, 2.05) is 25.1 Å². The number of nitrogens with zero attached hydrogens (tertiary/aromatic N) is 6. The van der Waals surface area contributed by atoms with Crippen molar-refractivity contribution >= 4 is 38.1 Å². The van der Waals surface area contributed by atoms with Gasteiger partial charge in [-0.1, -0.05) is 22.5 Å². The molecule has 14 heteroatoms. The predicted octanol–water partition coefficient (Wildman–Crippen LogP) is 2.60. The van der Waals surface area contributed by atoms with Crippen molar-refractivity contribution in [2.45, 2.75) is 44.5 Å². The number of amides is 1. The lowest BCUT2D eigenvalue weighted by Gasteiger charge is -2.34.